The highest BCUT2D eigenvalue weighted by Gasteiger charge is 2.10. The van der Waals surface area contributed by atoms with Crippen LogP contribution in [-0.4, -0.2) is 10.1 Å². The summed E-state index contributed by atoms with van der Waals surface area (Å²) in [6, 6.07) is 7.56. The van der Waals surface area contributed by atoms with Crippen molar-refractivity contribution in [2.45, 2.75) is 26.6 Å². The number of ether oxygens (including phenoxy) is 1. The standard InChI is InChI=1S/C15H16ClNO2/c1-10-3-4-13(11(2)18)15(7-10)19-9-12-5-6-17-8-14(12)16/h3-8,11,18H,9H2,1-2H3. The van der Waals surface area contributed by atoms with Gasteiger partial charge in [-0.25, -0.2) is 0 Å². The van der Waals surface area contributed by atoms with Gasteiger partial charge in [0, 0.05) is 23.5 Å². The van der Waals surface area contributed by atoms with Gasteiger partial charge in [-0.05, 0) is 31.5 Å². The molecule has 2 rings (SSSR count). The highest BCUT2D eigenvalue weighted by atomic mass is 35.5. The van der Waals surface area contributed by atoms with E-state index in [9.17, 15) is 5.11 Å². The Morgan fingerprint density at radius 3 is 2.84 bits per heavy atom. The van der Waals surface area contributed by atoms with E-state index in [4.69, 9.17) is 16.3 Å². The Balaban J connectivity index is 2.19. The van der Waals surface area contributed by atoms with Crippen molar-refractivity contribution >= 4 is 11.6 Å². The molecule has 0 saturated carbocycles. The summed E-state index contributed by atoms with van der Waals surface area (Å²) in [6.45, 7) is 4.06. The third-order valence-corrected chi connectivity index (χ3v) is 3.20. The predicted octanol–water partition coefficient (Wildman–Crippen LogP) is 3.68. The fourth-order valence-corrected chi connectivity index (χ4v) is 1.96. The zero-order chi connectivity index (χ0) is 13.8. The lowest BCUT2D eigenvalue weighted by molar-refractivity contribution is 0.190. The topological polar surface area (TPSA) is 42.4 Å². The largest absolute Gasteiger partial charge is 0.488 e. The molecule has 0 saturated heterocycles. The fourth-order valence-electron chi connectivity index (χ4n) is 1.79. The zero-order valence-electron chi connectivity index (χ0n) is 10.9. The van der Waals surface area contributed by atoms with E-state index in [1.807, 2.05) is 31.2 Å². The number of benzene rings is 1. The molecule has 1 atom stereocenters. The Bertz CT molecular complexity index is 570. The molecule has 0 aliphatic rings. The number of aliphatic hydroxyl groups excluding tert-OH is 1. The van der Waals surface area contributed by atoms with Crippen molar-refractivity contribution in [2.24, 2.45) is 0 Å². The molecule has 1 aromatic carbocycles. The van der Waals surface area contributed by atoms with Gasteiger partial charge in [-0.15, -0.1) is 0 Å². The molecule has 0 aliphatic carbocycles. The van der Waals surface area contributed by atoms with E-state index in [-0.39, 0.29) is 0 Å². The second-order valence-electron chi connectivity index (χ2n) is 4.47. The molecule has 1 N–H and O–H groups in total. The third-order valence-electron chi connectivity index (χ3n) is 2.86. The number of aryl methyl sites for hydroxylation is 1. The highest BCUT2D eigenvalue weighted by Crippen LogP contribution is 2.27. The van der Waals surface area contributed by atoms with E-state index in [0.717, 1.165) is 16.7 Å². The SMILES string of the molecule is Cc1ccc(C(C)O)c(OCc2ccncc2Cl)c1. The van der Waals surface area contributed by atoms with Crippen molar-refractivity contribution in [1.29, 1.82) is 0 Å². The smallest absolute Gasteiger partial charge is 0.125 e. The van der Waals surface area contributed by atoms with E-state index in [0.29, 0.717) is 17.4 Å². The van der Waals surface area contributed by atoms with Crippen LogP contribution < -0.4 is 4.74 Å². The number of hydrogen-bond acceptors (Lipinski definition) is 3. The van der Waals surface area contributed by atoms with E-state index in [1.165, 1.54) is 0 Å². The van der Waals surface area contributed by atoms with Crippen molar-refractivity contribution < 1.29 is 9.84 Å². The van der Waals surface area contributed by atoms with Gasteiger partial charge in [0.05, 0.1) is 11.1 Å². The van der Waals surface area contributed by atoms with E-state index < -0.39 is 6.10 Å². The molecular formula is C15H16ClNO2. The van der Waals surface area contributed by atoms with Crippen LogP contribution in [0.15, 0.2) is 36.7 Å². The maximum atomic E-state index is 9.73. The van der Waals surface area contributed by atoms with Gasteiger partial charge in [-0.2, -0.15) is 0 Å². The number of aromatic nitrogens is 1. The number of pyridine rings is 1. The Morgan fingerprint density at radius 1 is 1.37 bits per heavy atom. The van der Waals surface area contributed by atoms with E-state index >= 15 is 0 Å². The van der Waals surface area contributed by atoms with Crippen molar-refractivity contribution in [3.8, 4) is 5.75 Å². The molecule has 0 spiro atoms. The summed E-state index contributed by atoms with van der Waals surface area (Å²) in [5, 5.41) is 10.3. The van der Waals surface area contributed by atoms with Crippen LogP contribution in [0.2, 0.25) is 5.02 Å². The lowest BCUT2D eigenvalue weighted by atomic mass is 10.1. The van der Waals surface area contributed by atoms with E-state index in [1.54, 1.807) is 19.3 Å². The molecule has 0 bridgehead atoms. The quantitative estimate of drug-likeness (QED) is 0.927. The van der Waals surface area contributed by atoms with Crippen molar-refractivity contribution in [3.63, 3.8) is 0 Å². The molecule has 0 amide bonds. The second-order valence-corrected chi connectivity index (χ2v) is 4.88. The van der Waals surface area contributed by atoms with Crippen molar-refractivity contribution in [3.05, 3.63) is 58.4 Å². The fraction of sp³-hybridized carbons (Fsp3) is 0.267. The van der Waals surface area contributed by atoms with Gasteiger partial charge in [0.1, 0.15) is 12.4 Å². The normalized spacial score (nSPS) is 12.2. The molecule has 0 aliphatic heterocycles. The minimum absolute atomic E-state index is 0.352. The minimum Gasteiger partial charge on any atom is -0.488 e. The molecule has 1 heterocycles. The predicted molar refractivity (Wildman–Crippen MR) is 75.4 cm³/mol. The molecule has 2 aromatic rings. The molecular weight excluding hydrogens is 262 g/mol. The Labute approximate surface area is 117 Å². The number of halogens is 1. The van der Waals surface area contributed by atoms with Crippen LogP contribution in [0.25, 0.3) is 0 Å². The Kier molecular flexibility index (Phi) is 4.40. The van der Waals surface area contributed by atoms with Crippen LogP contribution in [-0.2, 0) is 6.61 Å². The molecule has 0 fully saturated rings. The summed E-state index contributed by atoms with van der Waals surface area (Å²) in [4.78, 5) is 3.93. The average Bonchev–Trinajstić information content (AvgIpc) is 2.37. The van der Waals surface area contributed by atoms with Crippen molar-refractivity contribution in [2.75, 3.05) is 0 Å². The zero-order valence-corrected chi connectivity index (χ0v) is 11.7. The van der Waals surface area contributed by atoms with Crippen LogP contribution in [0, 0.1) is 6.92 Å². The maximum Gasteiger partial charge on any atom is 0.125 e. The second kappa shape index (κ2) is 6.04. The lowest BCUT2D eigenvalue weighted by Crippen LogP contribution is -2.02. The molecule has 1 unspecified atom stereocenters. The van der Waals surface area contributed by atoms with Gasteiger partial charge in [0.25, 0.3) is 0 Å². The van der Waals surface area contributed by atoms with Gasteiger partial charge in [-0.3, -0.25) is 4.98 Å². The Morgan fingerprint density at radius 2 is 2.16 bits per heavy atom. The summed E-state index contributed by atoms with van der Waals surface area (Å²) in [7, 11) is 0. The molecule has 3 nitrogen and oxygen atoms in total. The molecule has 4 heteroatoms. The summed E-state index contributed by atoms with van der Waals surface area (Å²) in [5.41, 5.74) is 2.73. The summed E-state index contributed by atoms with van der Waals surface area (Å²) >= 11 is 6.03. The number of nitrogens with zero attached hydrogens (tertiary/aromatic N) is 1. The highest BCUT2D eigenvalue weighted by molar-refractivity contribution is 6.31. The monoisotopic (exact) mass is 277 g/mol. The van der Waals surface area contributed by atoms with E-state index in [2.05, 4.69) is 4.98 Å². The van der Waals surface area contributed by atoms with Gasteiger partial charge in [0.2, 0.25) is 0 Å². The van der Waals surface area contributed by atoms with Gasteiger partial charge in [0.15, 0.2) is 0 Å². The minimum atomic E-state index is -0.566. The van der Waals surface area contributed by atoms with Crippen LogP contribution in [0.5, 0.6) is 5.75 Å². The van der Waals surface area contributed by atoms with Gasteiger partial charge >= 0.3 is 0 Å². The first-order chi connectivity index (χ1) is 9.08. The molecule has 0 radical (unpaired) electrons. The van der Waals surface area contributed by atoms with Crippen LogP contribution in [0.3, 0.4) is 0 Å². The average molecular weight is 278 g/mol. The lowest BCUT2D eigenvalue weighted by Gasteiger charge is -2.14. The maximum absolute atomic E-state index is 9.73. The molecule has 100 valence electrons. The van der Waals surface area contributed by atoms with Gasteiger partial charge in [-0.1, -0.05) is 23.7 Å². The summed E-state index contributed by atoms with van der Waals surface area (Å²) < 4.78 is 5.77. The van der Waals surface area contributed by atoms with Crippen LogP contribution in [0.1, 0.15) is 29.7 Å². The summed E-state index contributed by atoms with van der Waals surface area (Å²) in [5.74, 6) is 0.683. The van der Waals surface area contributed by atoms with Gasteiger partial charge < -0.3 is 9.84 Å². The third kappa shape index (κ3) is 3.46. The first-order valence-corrected chi connectivity index (χ1v) is 6.45. The molecule has 1 aromatic heterocycles. The van der Waals surface area contributed by atoms with Crippen molar-refractivity contribution in [1.82, 2.24) is 4.98 Å². The number of hydrogen-bond donors (Lipinski definition) is 1. The first kappa shape index (κ1) is 13.8. The van der Waals surface area contributed by atoms with Crippen LogP contribution in [0.4, 0.5) is 0 Å². The molecule has 19 heavy (non-hydrogen) atoms. The number of rotatable bonds is 4. The summed E-state index contributed by atoms with van der Waals surface area (Å²) in [6.07, 6.45) is 2.70. The number of aliphatic hydroxyl groups is 1. The Hall–Kier alpha value is -1.58. The van der Waals surface area contributed by atoms with Crippen LogP contribution >= 0.6 is 11.6 Å². The first-order valence-electron chi connectivity index (χ1n) is 6.07.